The van der Waals surface area contributed by atoms with Crippen LogP contribution in [-0.2, 0) is 11.2 Å². The van der Waals surface area contributed by atoms with Gasteiger partial charge < -0.3 is 10.6 Å². The van der Waals surface area contributed by atoms with Gasteiger partial charge in [-0.05, 0) is 24.1 Å². The van der Waals surface area contributed by atoms with E-state index in [-0.39, 0.29) is 36.6 Å². The highest BCUT2D eigenvalue weighted by molar-refractivity contribution is 5.85. The van der Waals surface area contributed by atoms with Crippen molar-refractivity contribution in [3.05, 3.63) is 35.1 Å². The maximum absolute atomic E-state index is 13.2. The first-order valence-corrected chi connectivity index (χ1v) is 5.40. The standard InChI is InChI=1S/C12H15FN2O.ClH/c1-8-2-3-9(4-11(8)13)5-12(16)15-10-6-14-7-10;/h2-4,10,14H,5-7H2,1H3,(H,15,16);1H. The Balaban J connectivity index is 0.00000144. The first kappa shape index (κ1) is 13.9. The molecule has 2 rings (SSSR count). The fourth-order valence-corrected chi connectivity index (χ4v) is 1.60. The maximum Gasteiger partial charge on any atom is 0.224 e. The molecule has 0 saturated carbocycles. The molecule has 1 aliphatic heterocycles. The Labute approximate surface area is 106 Å². The molecule has 0 spiro atoms. The van der Waals surface area contributed by atoms with Crippen molar-refractivity contribution in [1.82, 2.24) is 10.6 Å². The van der Waals surface area contributed by atoms with Gasteiger partial charge in [-0.3, -0.25) is 4.79 Å². The molecule has 2 N–H and O–H groups in total. The Morgan fingerprint density at radius 1 is 1.53 bits per heavy atom. The Morgan fingerprint density at radius 3 is 2.76 bits per heavy atom. The molecule has 17 heavy (non-hydrogen) atoms. The second kappa shape index (κ2) is 5.98. The summed E-state index contributed by atoms with van der Waals surface area (Å²) in [6, 6.07) is 5.15. The van der Waals surface area contributed by atoms with Crippen LogP contribution in [0.1, 0.15) is 11.1 Å². The minimum atomic E-state index is -0.254. The van der Waals surface area contributed by atoms with Gasteiger partial charge in [0.2, 0.25) is 5.91 Å². The molecular formula is C12H16ClFN2O. The van der Waals surface area contributed by atoms with Gasteiger partial charge in [0.15, 0.2) is 0 Å². The highest BCUT2D eigenvalue weighted by Gasteiger charge is 2.18. The summed E-state index contributed by atoms with van der Waals surface area (Å²) in [7, 11) is 0. The summed E-state index contributed by atoms with van der Waals surface area (Å²) in [5.41, 5.74) is 1.32. The van der Waals surface area contributed by atoms with Gasteiger partial charge in [-0.25, -0.2) is 4.39 Å². The molecule has 0 aliphatic carbocycles. The summed E-state index contributed by atoms with van der Waals surface area (Å²) in [5.74, 6) is -0.301. The van der Waals surface area contributed by atoms with E-state index in [0.717, 1.165) is 13.1 Å². The lowest BCUT2D eigenvalue weighted by molar-refractivity contribution is -0.121. The van der Waals surface area contributed by atoms with E-state index in [1.807, 2.05) is 0 Å². The molecule has 1 amide bonds. The van der Waals surface area contributed by atoms with Crippen LogP contribution in [0, 0.1) is 12.7 Å². The molecule has 1 aromatic rings. The van der Waals surface area contributed by atoms with Gasteiger partial charge in [0.25, 0.3) is 0 Å². The lowest BCUT2D eigenvalue weighted by Crippen LogP contribution is -2.57. The molecule has 0 unspecified atom stereocenters. The van der Waals surface area contributed by atoms with Crippen molar-refractivity contribution in [3.8, 4) is 0 Å². The molecule has 1 heterocycles. The summed E-state index contributed by atoms with van der Waals surface area (Å²) < 4.78 is 13.2. The predicted molar refractivity (Wildman–Crippen MR) is 66.9 cm³/mol. The Morgan fingerprint density at radius 2 is 2.24 bits per heavy atom. The molecule has 3 nitrogen and oxygen atoms in total. The number of carbonyl (C=O) groups excluding carboxylic acids is 1. The van der Waals surface area contributed by atoms with Gasteiger partial charge in [0, 0.05) is 13.1 Å². The Hall–Kier alpha value is -1.13. The molecule has 94 valence electrons. The quantitative estimate of drug-likeness (QED) is 0.855. The average molecular weight is 259 g/mol. The number of benzene rings is 1. The summed E-state index contributed by atoms with van der Waals surface area (Å²) in [6.07, 6.45) is 0.244. The molecule has 1 saturated heterocycles. The van der Waals surface area contributed by atoms with Crippen LogP contribution in [0.4, 0.5) is 4.39 Å². The van der Waals surface area contributed by atoms with Crippen molar-refractivity contribution in [2.24, 2.45) is 0 Å². The fraction of sp³-hybridized carbons (Fsp3) is 0.417. The number of aryl methyl sites for hydroxylation is 1. The van der Waals surface area contributed by atoms with Crippen LogP contribution in [-0.4, -0.2) is 25.0 Å². The zero-order valence-electron chi connectivity index (χ0n) is 9.63. The highest BCUT2D eigenvalue weighted by atomic mass is 35.5. The van der Waals surface area contributed by atoms with E-state index in [1.54, 1.807) is 19.1 Å². The zero-order chi connectivity index (χ0) is 11.5. The smallest absolute Gasteiger partial charge is 0.224 e. The van der Waals surface area contributed by atoms with Crippen LogP contribution < -0.4 is 10.6 Å². The Kier molecular flexibility index (Phi) is 4.90. The second-order valence-corrected chi connectivity index (χ2v) is 4.18. The molecular weight excluding hydrogens is 243 g/mol. The summed E-state index contributed by atoms with van der Waals surface area (Å²) in [5, 5.41) is 5.95. The van der Waals surface area contributed by atoms with Gasteiger partial charge in [-0.2, -0.15) is 0 Å². The van der Waals surface area contributed by atoms with E-state index in [9.17, 15) is 9.18 Å². The number of hydrogen-bond donors (Lipinski definition) is 2. The normalized spacial score (nSPS) is 14.7. The molecule has 0 atom stereocenters. The minimum absolute atomic E-state index is 0. The van der Waals surface area contributed by atoms with Crippen LogP contribution in [0.3, 0.4) is 0 Å². The Bertz CT molecular complexity index is 407. The SMILES string of the molecule is Cc1ccc(CC(=O)NC2CNC2)cc1F.Cl. The highest BCUT2D eigenvalue weighted by Crippen LogP contribution is 2.09. The topological polar surface area (TPSA) is 41.1 Å². The van der Waals surface area contributed by atoms with Crippen molar-refractivity contribution >= 4 is 18.3 Å². The number of amides is 1. The van der Waals surface area contributed by atoms with Crippen molar-refractivity contribution in [2.75, 3.05) is 13.1 Å². The van der Waals surface area contributed by atoms with Crippen molar-refractivity contribution in [3.63, 3.8) is 0 Å². The molecule has 1 aromatic carbocycles. The summed E-state index contributed by atoms with van der Waals surface area (Å²) >= 11 is 0. The minimum Gasteiger partial charge on any atom is -0.351 e. The number of rotatable bonds is 3. The third kappa shape index (κ3) is 3.68. The van der Waals surface area contributed by atoms with Crippen LogP contribution in [0.25, 0.3) is 0 Å². The average Bonchev–Trinajstić information content (AvgIpc) is 2.18. The van der Waals surface area contributed by atoms with Crippen molar-refractivity contribution in [1.29, 1.82) is 0 Å². The number of carbonyl (C=O) groups is 1. The van der Waals surface area contributed by atoms with Gasteiger partial charge >= 0.3 is 0 Å². The first-order chi connectivity index (χ1) is 7.65. The molecule has 1 aliphatic rings. The van der Waals surface area contributed by atoms with Gasteiger partial charge in [0.1, 0.15) is 5.82 Å². The van der Waals surface area contributed by atoms with Gasteiger partial charge in [-0.15, -0.1) is 12.4 Å². The van der Waals surface area contributed by atoms with E-state index < -0.39 is 0 Å². The van der Waals surface area contributed by atoms with E-state index in [4.69, 9.17) is 0 Å². The van der Waals surface area contributed by atoms with E-state index in [1.165, 1.54) is 6.07 Å². The number of hydrogen-bond acceptors (Lipinski definition) is 2. The molecule has 1 fully saturated rings. The second-order valence-electron chi connectivity index (χ2n) is 4.18. The van der Waals surface area contributed by atoms with E-state index in [2.05, 4.69) is 10.6 Å². The van der Waals surface area contributed by atoms with E-state index in [0.29, 0.717) is 11.1 Å². The monoisotopic (exact) mass is 258 g/mol. The van der Waals surface area contributed by atoms with Gasteiger partial charge in [0.05, 0.1) is 12.5 Å². The molecule has 0 radical (unpaired) electrons. The van der Waals surface area contributed by atoms with Crippen molar-refractivity contribution < 1.29 is 9.18 Å². The maximum atomic E-state index is 13.2. The van der Waals surface area contributed by atoms with Crippen molar-refractivity contribution in [2.45, 2.75) is 19.4 Å². The first-order valence-electron chi connectivity index (χ1n) is 5.40. The van der Waals surface area contributed by atoms with Crippen LogP contribution >= 0.6 is 12.4 Å². The number of nitrogens with one attached hydrogen (secondary N) is 2. The summed E-state index contributed by atoms with van der Waals surface area (Å²) in [4.78, 5) is 11.6. The van der Waals surface area contributed by atoms with E-state index >= 15 is 0 Å². The molecule has 0 bridgehead atoms. The predicted octanol–water partition coefficient (Wildman–Crippen LogP) is 1.19. The van der Waals surface area contributed by atoms with Gasteiger partial charge in [-0.1, -0.05) is 12.1 Å². The van der Waals surface area contributed by atoms with Crippen LogP contribution in [0.5, 0.6) is 0 Å². The lowest BCUT2D eigenvalue weighted by atomic mass is 10.1. The zero-order valence-corrected chi connectivity index (χ0v) is 10.4. The van der Waals surface area contributed by atoms with Crippen LogP contribution in [0.2, 0.25) is 0 Å². The fourth-order valence-electron chi connectivity index (χ4n) is 1.60. The van der Waals surface area contributed by atoms with Crippen LogP contribution in [0.15, 0.2) is 18.2 Å². The molecule has 5 heteroatoms. The summed E-state index contributed by atoms with van der Waals surface area (Å²) in [6.45, 7) is 3.36. The number of halogens is 2. The third-order valence-corrected chi connectivity index (χ3v) is 2.75. The molecule has 0 aromatic heterocycles. The largest absolute Gasteiger partial charge is 0.351 e. The third-order valence-electron chi connectivity index (χ3n) is 2.75. The lowest BCUT2D eigenvalue weighted by Gasteiger charge is -2.27.